The van der Waals surface area contributed by atoms with E-state index < -0.39 is 0 Å². The molecule has 0 radical (unpaired) electrons. The molecule has 2 rings (SSSR count). The molecule has 0 spiro atoms. The zero-order valence-corrected chi connectivity index (χ0v) is 14.4. The molecular formula is C18H21NO3S. The van der Waals surface area contributed by atoms with Gasteiger partial charge in [0.05, 0.1) is 24.8 Å². The molecule has 2 aromatic rings. The first-order chi connectivity index (χ1) is 11.2. The fraction of sp³-hybridized carbons (Fsp3) is 0.278. The van der Waals surface area contributed by atoms with Crippen LogP contribution in [0.3, 0.4) is 0 Å². The van der Waals surface area contributed by atoms with Gasteiger partial charge in [-0.25, -0.2) is 0 Å². The Hall–Kier alpha value is -2.14. The smallest absolute Gasteiger partial charge is 0.214 e. The maximum absolute atomic E-state index is 11.5. The lowest BCUT2D eigenvalue weighted by molar-refractivity contribution is -0.107. The first kappa shape index (κ1) is 17.2. The molecule has 0 heterocycles. The van der Waals surface area contributed by atoms with E-state index in [-0.39, 0.29) is 0 Å². The van der Waals surface area contributed by atoms with Gasteiger partial charge < -0.3 is 14.4 Å². The quantitative estimate of drug-likeness (QED) is 0.679. The molecule has 0 saturated heterocycles. The number of amides is 1. The van der Waals surface area contributed by atoms with Gasteiger partial charge in [-0.05, 0) is 18.6 Å². The highest BCUT2D eigenvalue weighted by Gasteiger charge is 2.18. The summed E-state index contributed by atoms with van der Waals surface area (Å²) < 4.78 is 10.9. The molecule has 1 amide bonds. The van der Waals surface area contributed by atoms with Crippen LogP contribution in [0.15, 0.2) is 52.3 Å². The second kappa shape index (κ2) is 8.48. The Morgan fingerprint density at radius 2 is 1.87 bits per heavy atom. The van der Waals surface area contributed by atoms with E-state index in [9.17, 15) is 4.79 Å². The number of anilines is 1. The summed E-state index contributed by atoms with van der Waals surface area (Å²) in [6.45, 7) is 2.68. The molecule has 0 fully saturated rings. The summed E-state index contributed by atoms with van der Waals surface area (Å²) >= 11 is 1.57. The van der Waals surface area contributed by atoms with Gasteiger partial charge >= 0.3 is 0 Å². The molecule has 0 aliphatic heterocycles. The van der Waals surface area contributed by atoms with Gasteiger partial charge in [-0.2, -0.15) is 0 Å². The molecule has 2 aromatic carbocycles. The lowest BCUT2D eigenvalue weighted by Crippen LogP contribution is -2.22. The van der Waals surface area contributed by atoms with Crippen molar-refractivity contribution >= 4 is 23.9 Å². The lowest BCUT2D eigenvalue weighted by atomic mass is 10.2. The molecule has 122 valence electrons. The summed E-state index contributed by atoms with van der Waals surface area (Å²) in [5.41, 5.74) is 0.798. The average Bonchev–Trinajstić information content (AvgIpc) is 2.60. The molecule has 23 heavy (non-hydrogen) atoms. The SMILES string of the molecule is CCCN(C=O)c1cc(OC)cc(OC)c1Sc1ccccc1. The predicted molar refractivity (Wildman–Crippen MR) is 93.8 cm³/mol. The van der Waals surface area contributed by atoms with Crippen molar-refractivity contribution in [3.63, 3.8) is 0 Å². The number of benzene rings is 2. The van der Waals surface area contributed by atoms with E-state index in [0.29, 0.717) is 18.0 Å². The second-order valence-electron chi connectivity index (χ2n) is 4.89. The highest BCUT2D eigenvalue weighted by molar-refractivity contribution is 7.99. The third kappa shape index (κ3) is 4.20. The fourth-order valence-corrected chi connectivity index (χ4v) is 3.28. The van der Waals surface area contributed by atoms with E-state index in [0.717, 1.165) is 28.3 Å². The number of carbonyl (C=O) groups excluding carboxylic acids is 1. The Balaban J connectivity index is 2.53. The Kier molecular flexibility index (Phi) is 6.35. The molecular weight excluding hydrogens is 310 g/mol. The minimum Gasteiger partial charge on any atom is -0.497 e. The number of nitrogens with zero attached hydrogens (tertiary/aromatic N) is 1. The number of carbonyl (C=O) groups is 1. The van der Waals surface area contributed by atoms with Crippen LogP contribution < -0.4 is 14.4 Å². The van der Waals surface area contributed by atoms with Gasteiger partial charge in [0, 0.05) is 23.6 Å². The van der Waals surface area contributed by atoms with Crippen molar-refractivity contribution in [3.05, 3.63) is 42.5 Å². The van der Waals surface area contributed by atoms with Gasteiger partial charge in [-0.1, -0.05) is 36.9 Å². The van der Waals surface area contributed by atoms with E-state index in [1.807, 2.05) is 49.4 Å². The number of ether oxygens (including phenoxy) is 2. The number of hydrogen-bond acceptors (Lipinski definition) is 4. The Morgan fingerprint density at radius 3 is 2.43 bits per heavy atom. The van der Waals surface area contributed by atoms with Gasteiger partial charge in [0.25, 0.3) is 0 Å². The van der Waals surface area contributed by atoms with Crippen molar-refractivity contribution in [2.24, 2.45) is 0 Å². The van der Waals surface area contributed by atoms with E-state index in [1.165, 1.54) is 0 Å². The summed E-state index contributed by atoms with van der Waals surface area (Å²) in [4.78, 5) is 15.2. The molecule has 4 nitrogen and oxygen atoms in total. The number of rotatable bonds is 8. The Morgan fingerprint density at radius 1 is 1.13 bits per heavy atom. The van der Waals surface area contributed by atoms with E-state index >= 15 is 0 Å². The van der Waals surface area contributed by atoms with E-state index in [4.69, 9.17) is 9.47 Å². The van der Waals surface area contributed by atoms with Crippen molar-refractivity contribution in [3.8, 4) is 11.5 Å². The van der Waals surface area contributed by atoms with Crippen LogP contribution >= 0.6 is 11.8 Å². The predicted octanol–water partition coefficient (Wildman–Crippen LogP) is 4.23. The minimum absolute atomic E-state index is 0.641. The van der Waals surface area contributed by atoms with Crippen molar-refractivity contribution in [2.75, 3.05) is 25.7 Å². The second-order valence-corrected chi connectivity index (χ2v) is 5.98. The maximum atomic E-state index is 11.5. The molecule has 0 unspecified atom stereocenters. The van der Waals surface area contributed by atoms with Crippen molar-refractivity contribution in [2.45, 2.75) is 23.1 Å². The number of methoxy groups -OCH3 is 2. The molecule has 0 bridgehead atoms. The summed E-state index contributed by atoms with van der Waals surface area (Å²) in [5.74, 6) is 1.35. The van der Waals surface area contributed by atoms with Gasteiger partial charge in [0.1, 0.15) is 11.5 Å². The Labute approximate surface area is 141 Å². The highest BCUT2D eigenvalue weighted by atomic mass is 32.2. The monoisotopic (exact) mass is 331 g/mol. The van der Waals surface area contributed by atoms with E-state index in [1.54, 1.807) is 30.9 Å². The molecule has 0 aliphatic carbocycles. The molecule has 0 atom stereocenters. The van der Waals surface area contributed by atoms with Crippen LogP contribution in [0, 0.1) is 0 Å². The first-order valence-electron chi connectivity index (χ1n) is 7.44. The normalized spacial score (nSPS) is 10.2. The summed E-state index contributed by atoms with van der Waals surface area (Å²) in [6.07, 6.45) is 1.72. The maximum Gasteiger partial charge on any atom is 0.214 e. The third-order valence-corrected chi connectivity index (χ3v) is 4.45. The zero-order valence-electron chi connectivity index (χ0n) is 13.6. The average molecular weight is 331 g/mol. The van der Waals surface area contributed by atoms with Crippen LogP contribution in [0.25, 0.3) is 0 Å². The van der Waals surface area contributed by atoms with Gasteiger partial charge in [-0.3, -0.25) is 4.79 Å². The molecule has 5 heteroatoms. The van der Waals surface area contributed by atoms with Crippen molar-refractivity contribution < 1.29 is 14.3 Å². The molecule has 0 aliphatic rings. The standard InChI is InChI=1S/C18H21NO3S/c1-4-10-19(13-20)16-11-14(21-2)12-17(22-3)18(16)23-15-8-6-5-7-9-15/h5-9,11-13H,4,10H2,1-3H3. The minimum atomic E-state index is 0.641. The third-order valence-electron chi connectivity index (χ3n) is 3.33. The Bertz CT molecular complexity index is 646. The largest absolute Gasteiger partial charge is 0.497 e. The van der Waals surface area contributed by atoms with Crippen LogP contribution in [0.1, 0.15) is 13.3 Å². The lowest BCUT2D eigenvalue weighted by Gasteiger charge is -2.22. The number of hydrogen-bond donors (Lipinski definition) is 0. The molecule has 0 saturated carbocycles. The van der Waals surface area contributed by atoms with Crippen LogP contribution in [0.4, 0.5) is 5.69 Å². The topological polar surface area (TPSA) is 38.8 Å². The molecule has 0 N–H and O–H groups in total. The van der Waals surface area contributed by atoms with Gasteiger partial charge in [-0.15, -0.1) is 0 Å². The van der Waals surface area contributed by atoms with Crippen LogP contribution in [0.5, 0.6) is 11.5 Å². The summed E-state index contributed by atoms with van der Waals surface area (Å²) in [6, 6.07) is 13.7. The molecule has 0 aromatic heterocycles. The fourth-order valence-electron chi connectivity index (χ4n) is 2.23. The highest BCUT2D eigenvalue weighted by Crippen LogP contribution is 2.44. The van der Waals surface area contributed by atoms with E-state index in [2.05, 4.69) is 0 Å². The first-order valence-corrected chi connectivity index (χ1v) is 8.26. The van der Waals surface area contributed by atoms with Gasteiger partial charge in [0.2, 0.25) is 6.41 Å². The van der Waals surface area contributed by atoms with Crippen LogP contribution in [-0.2, 0) is 4.79 Å². The van der Waals surface area contributed by atoms with Gasteiger partial charge in [0.15, 0.2) is 0 Å². The van der Waals surface area contributed by atoms with Crippen molar-refractivity contribution in [1.29, 1.82) is 0 Å². The van der Waals surface area contributed by atoms with Crippen molar-refractivity contribution in [1.82, 2.24) is 0 Å². The zero-order chi connectivity index (χ0) is 16.7. The summed E-state index contributed by atoms with van der Waals surface area (Å²) in [7, 11) is 3.23. The van der Waals surface area contributed by atoms with Crippen LogP contribution in [0.2, 0.25) is 0 Å². The van der Waals surface area contributed by atoms with Crippen LogP contribution in [-0.4, -0.2) is 27.2 Å². The summed E-state index contributed by atoms with van der Waals surface area (Å²) in [5, 5.41) is 0.